The van der Waals surface area contributed by atoms with E-state index in [1.165, 1.54) is 17.4 Å². The van der Waals surface area contributed by atoms with Crippen molar-refractivity contribution in [2.45, 2.75) is 6.92 Å². The van der Waals surface area contributed by atoms with E-state index in [1.54, 1.807) is 4.90 Å². The lowest BCUT2D eigenvalue weighted by atomic mass is 10.1. The van der Waals surface area contributed by atoms with E-state index < -0.39 is 0 Å². The first-order valence-electron chi connectivity index (χ1n) is 10.6. The number of hydrogen-bond donors (Lipinski definition) is 0. The van der Waals surface area contributed by atoms with Crippen LogP contribution in [0.2, 0.25) is 0 Å². The number of rotatable bonds is 7. The van der Waals surface area contributed by atoms with Crippen LogP contribution in [-0.2, 0) is 14.3 Å². The quantitative estimate of drug-likeness (QED) is 0.481. The minimum Gasteiger partial charge on any atom is -0.380 e. The molecule has 1 amide bonds. The lowest BCUT2D eigenvalue weighted by Gasteiger charge is -2.28. The van der Waals surface area contributed by atoms with Gasteiger partial charge in [-0.25, -0.2) is 4.99 Å². The summed E-state index contributed by atoms with van der Waals surface area (Å²) in [6.07, 6.45) is 1.94. The molecule has 2 aliphatic heterocycles. The van der Waals surface area contributed by atoms with Gasteiger partial charge in [0.05, 0.1) is 37.0 Å². The maximum Gasteiger partial charge on any atom is 0.266 e. The van der Waals surface area contributed by atoms with E-state index in [0.29, 0.717) is 29.8 Å². The Hall–Kier alpha value is -2.61. The van der Waals surface area contributed by atoms with Crippen LogP contribution in [0.1, 0.15) is 12.5 Å². The smallest absolute Gasteiger partial charge is 0.266 e. The summed E-state index contributed by atoms with van der Waals surface area (Å²) >= 11 is 1.41. The Bertz CT molecular complexity index is 938. The van der Waals surface area contributed by atoms with Crippen molar-refractivity contribution in [3.8, 4) is 0 Å². The van der Waals surface area contributed by atoms with E-state index in [9.17, 15) is 4.79 Å². The highest BCUT2D eigenvalue weighted by atomic mass is 32.2. The lowest BCUT2D eigenvalue weighted by molar-refractivity contribution is -0.122. The number of morpholine rings is 1. The van der Waals surface area contributed by atoms with Crippen LogP contribution < -0.4 is 4.90 Å². The molecule has 0 unspecified atom stereocenters. The molecule has 4 rings (SSSR count). The molecule has 2 fully saturated rings. The van der Waals surface area contributed by atoms with Gasteiger partial charge in [0.1, 0.15) is 0 Å². The number of carbonyl (C=O) groups is 1. The zero-order valence-corrected chi connectivity index (χ0v) is 18.5. The number of ether oxygens (including phenoxy) is 2. The average Bonchev–Trinajstić information content (AvgIpc) is 3.10. The van der Waals surface area contributed by atoms with Gasteiger partial charge in [0.2, 0.25) is 0 Å². The van der Waals surface area contributed by atoms with Crippen molar-refractivity contribution in [3.05, 3.63) is 65.1 Å². The third-order valence-electron chi connectivity index (χ3n) is 5.10. The van der Waals surface area contributed by atoms with E-state index in [-0.39, 0.29) is 5.91 Å². The molecule has 0 bridgehead atoms. The molecule has 2 aromatic rings. The molecule has 0 N–H and O–H groups in total. The molecule has 7 heteroatoms. The minimum atomic E-state index is -0.0309. The van der Waals surface area contributed by atoms with Crippen molar-refractivity contribution in [2.75, 3.05) is 51.0 Å². The first kappa shape index (κ1) is 21.6. The molecular weight excluding hydrogens is 410 g/mol. The van der Waals surface area contributed by atoms with Gasteiger partial charge in [0, 0.05) is 25.4 Å². The monoisotopic (exact) mass is 437 g/mol. The summed E-state index contributed by atoms with van der Waals surface area (Å²) in [4.78, 5) is 22.5. The number of amidine groups is 1. The van der Waals surface area contributed by atoms with Gasteiger partial charge >= 0.3 is 0 Å². The minimum absolute atomic E-state index is 0.0309. The van der Waals surface area contributed by atoms with E-state index in [4.69, 9.17) is 14.5 Å². The fourth-order valence-corrected chi connectivity index (χ4v) is 4.48. The number of anilines is 1. The van der Waals surface area contributed by atoms with Gasteiger partial charge in [-0.15, -0.1) is 0 Å². The molecule has 2 aromatic carbocycles. The zero-order valence-electron chi connectivity index (χ0n) is 17.7. The second kappa shape index (κ2) is 10.6. The molecule has 0 aromatic heterocycles. The first-order valence-corrected chi connectivity index (χ1v) is 11.4. The molecule has 6 nitrogen and oxygen atoms in total. The van der Waals surface area contributed by atoms with Gasteiger partial charge in [-0.3, -0.25) is 9.69 Å². The van der Waals surface area contributed by atoms with Crippen LogP contribution in [0, 0.1) is 0 Å². The molecule has 31 heavy (non-hydrogen) atoms. The second-order valence-electron chi connectivity index (χ2n) is 7.19. The van der Waals surface area contributed by atoms with Crippen molar-refractivity contribution >= 4 is 40.3 Å². The number of para-hydroxylation sites is 1. The summed E-state index contributed by atoms with van der Waals surface area (Å²) < 4.78 is 10.9. The first-order chi connectivity index (χ1) is 15.2. The Morgan fingerprint density at radius 2 is 1.84 bits per heavy atom. The van der Waals surface area contributed by atoms with Crippen LogP contribution >= 0.6 is 11.8 Å². The number of amides is 1. The van der Waals surface area contributed by atoms with E-state index >= 15 is 0 Å². The van der Waals surface area contributed by atoms with Crippen LogP contribution in [0.25, 0.3) is 6.08 Å². The summed E-state index contributed by atoms with van der Waals surface area (Å²) in [6, 6.07) is 18.0. The molecule has 2 saturated heterocycles. The number of nitrogens with zero attached hydrogens (tertiary/aromatic N) is 3. The zero-order chi connectivity index (χ0) is 21.5. The maximum absolute atomic E-state index is 13.1. The summed E-state index contributed by atoms with van der Waals surface area (Å²) in [6.45, 7) is 6.88. The summed E-state index contributed by atoms with van der Waals surface area (Å²) in [5.41, 5.74) is 3.01. The summed E-state index contributed by atoms with van der Waals surface area (Å²) in [7, 11) is 0. The predicted octanol–water partition coefficient (Wildman–Crippen LogP) is 4.16. The highest BCUT2D eigenvalue weighted by Gasteiger charge is 2.33. The predicted molar refractivity (Wildman–Crippen MR) is 127 cm³/mol. The lowest BCUT2D eigenvalue weighted by Crippen LogP contribution is -2.36. The molecule has 0 aliphatic carbocycles. The molecule has 0 spiro atoms. The maximum atomic E-state index is 13.1. The Morgan fingerprint density at radius 3 is 2.55 bits per heavy atom. The standard InChI is InChI=1S/C24H27N3O3S/c1-2-29-17-14-27-23(28)22(31-24(27)25-20-6-4-3-5-7-20)18-19-8-10-21(11-9-19)26-12-15-30-16-13-26/h3-11,18H,2,12-17H2,1H3/b22-18+,25-24?. The van der Waals surface area contributed by atoms with E-state index in [1.807, 2.05) is 43.3 Å². The Morgan fingerprint density at radius 1 is 1.10 bits per heavy atom. The number of benzene rings is 2. The van der Waals surface area contributed by atoms with Crippen molar-refractivity contribution in [3.63, 3.8) is 0 Å². The SMILES string of the molecule is CCOCCN1C(=O)/C(=C\c2ccc(N3CCOCC3)cc2)SC1=Nc1ccccc1. The van der Waals surface area contributed by atoms with Crippen LogP contribution in [0.5, 0.6) is 0 Å². The van der Waals surface area contributed by atoms with Crippen molar-refractivity contribution in [2.24, 2.45) is 4.99 Å². The van der Waals surface area contributed by atoms with Gasteiger partial charge in [0.25, 0.3) is 5.91 Å². The fraction of sp³-hybridized carbons (Fsp3) is 0.333. The van der Waals surface area contributed by atoms with Gasteiger partial charge in [-0.1, -0.05) is 30.3 Å². The number of hydrogen-bond acceptors (Lipinski definition) is 6. The van der Waals surface area contributed by atoms with Crippen molar-refractivity contribution in [1.29, 1.82) is 0 Å². The highest BCUT2D eigenvalue weighted by Crippen LogP contribution is 2.34. The molecule has 0 saturated carbocycles. The van der Waals surface area contributed by atoms with Crippen LogP contribution in [-0.4, -0.2) is 62.0 Å². The topological polar surface area (TPSA) is 54.4 Å². The van der Waals surface area contributed by atoms with E-state index in [0.717, 1.165) is 37.6 Å². The molecule has 2 aliphatic rings. The third kappa shape index (κ3) is 5.55. The second-order valence-corrected chi connectivity index (χ2v) is 8.19. The Labute approximate surface area is 187 Å². The molecule has 0 atom stereocenters. The van der Waals surface area contributed by atoms with Gasteiger partial charge in [-0.2, -0.15) is 0 Å². The van der Waals surface area contributed by atoms with Crippen molar-refractivity contribution < 1.29 is 14.3 Å². The average molecular weight is 438 g/mol. The van der Waals surface area contributed by atoms with Crippen LogP contribution in [0.4, 0.5) is 11.4 Å². The number of aliphatic imine (C=N–C) groups is 1. The summed E-state index contributed by atoms with van der Waals surface area (Å²) in [5, 5.41) is 0.687. The number of thioether (sulfide) groups is 1. The Kier molecular flexibility index (Phi) is 7.40. The molecule has 162 valence electrons. The van der Waals surface area contributed by atoms with Crippen LogP contribution in [0.3, 0.4) is 0 Å². The van der Waals surface area contributed by atoms with Gasteiger partial charge in [-0.05, 0) is 54.6 Å². The van der Waals surface area contributed by atoms with Gasteiger partial charge in [0.15, 0.2) is 5.17 Å². The largest absolute Gasteiger partial charge is 0.380 e. The highest BCUT2D eigenvalue weighted by molar-refractivity contribution is 8.18. The molecule has 2 heterocycles. The number of carbonyl (C=O) groups excluding carboxylic acids is 1. The normalized spacial score (nSPS) is 19.6. The Balaban J connectivity index is 1.53. The summed E-state index contributed by atoms with van der Waals surface area (Å²) in [5.74, 6) is -0.0309. The van der Waals surface area contributed by atoms with Crippen molar-refractivity contribution in [1.82, 2.24) is 4.90 Å². The van der Waals surface area contributed by atoms with Crippen LogP contribution in [0.15, 0.2) is 64.5 Å². The van der Waals surface area contributed by atoms with Gasteiger partial charge < -0.3 is 14.4 Å². The van der Waals surface area contributed by atoms with E-state index in [2.05, 4.69) is 29.2 Å². The third-order valence-corrected chi connectivity index (χ3v) is 6.11. The molecule has 0 radical (unpaired) electrons. The molecular formula is C24H27N3O3S. The fourth-order valence-electron chi connectivity index (χ4n) is 3.46.